The Kier molecular flexibility index (Phi) is 3.97. The fraction of sp³-hybridized carbons (Fsp3) is 0.294. The van der Waals surface area contributed by atoms with E-state index in [2.05, 4.69) is 39.1 Å². The van der Waals surface area contributed by atoms with Crippen LogP contribution in [0, 0.1) is 0 Å². The van der Waals surface area contributed by atoms with Gasteiger partial charge in [0, 0.05) is 37.3 Å². The Morgan fingerprint density at radius 3 is 2.81 bits per heavy atom. The van der Waals surface area contributed by atoms with Crippen LogP contribution in [0.3, 0.4) is 0 Å². The molecule has 0 radical (unpaired) electrons. The van der Waals surface area contributed by atoms with E-state index in [-0.39, 0.29) is 6.04 Å². The molecule has 0 aliphatic rings. The smallest absolute Gasteiger partial charge is 0.108 e. The first-order valence-corrected chi connectivity index (χ1v) is 7.27. The highest BCUT2D eigenvalue weighted by molar-refractivity contribution is 5.78. The van der Waals surface area contributed by atoms with E-state index in [9.17, 15) is 0 Å². The third kappa shape index (κ3) is 2.95. The molecule has 0 saturated heterocycles. The van der Waals surface area contributed by atoms with E-state index in [1.54, 1.807) is 0 Å². The fourth-order valence-electron chi connectivity index (χ4n) is 2.63. The number of para-hydroxylation sites is 1. The summed E-state index contributed by atoms with van der Waals surface area (Å²) in [5.74, 6) is 1.11. The van der Waals surface area contributed by atoms with Crippen molar-refractivity contribution in [1.82, 2.24) is 19.9 Å². The van der Waals surface area contributed by atoms with Crippen molar-refractivity contribution in [2.24, 2.45) is 7.05 Å². The van der Waals surface area contributed by atoms with E-state index < -0.39 is 0 Å². The fourth-order valence-corrected chi connectivity index (χ4v) is 2.63. The molecule has 3 aromatic rings. The number of aromatic nitrogens is 3. The van der Waals surface area contributed by atoms with Gasteiger partial charge in [-0.25, -0.2) is 4.98 Å². The second kappa shape index (κ2) is 6.06. The minimum Gasteiger partial charge on any atom is -0.338 e. The minimum absolute atomic E-state index is 0.242. The number of benzene rings is 1. The Hall–Kier alpha value is -2.20. The normalized spacial score (nSPS) is 12.7. The zero-order chi connectivity index (χ0) is 14.7. The van der Waals surface area contributed by atoms with Crippen molar-refractivity contribution in [3.63, 3.8) is 0 Å². The van der Waals surface area contributed by atoms with Gasteiger partial charge in [0.25, 0.3) is 0 Å². The molecule has 1 atom stereocenters. The average molecular weight is 280 g/mol. The van der Waals surface area contributed by atoms with Crippen molar-refractivity contribution in [3.8, 4) is 0 Å². The van der Waals surface area contributed by atoms with Crippen LogP contribution in [0.2, 0.25) is 0 Å². The van der Waals surface area contributed by atoms with E-state index in [0.29, 0.717) is 0 Å². The molecule has 0 saturated carbocycles. The number of aryl methyl sites for hydroxylation is 2. The van der Waals surface area contributed by atoms with E-state index >= 15 is 0 Å². The third-order valence-electron chi connectivity index (χ3n) is 3.90. The highest BCUT2D eigenvalue weighted by Crippen LogP contribution is 2.20. The molecule has 3 rings (SSSR count). The van der Waals surface area contributed by atoms with Crippen LogP contribution in [0.25, 0.3) is 10.9 Å². The molecule has 4 heteroatoms. The molecule has 0 spiro atoms. The zero-order valence-corrected chi connectivity index (χ0v) is 12.5. The van der Waals surface area contributed by atoms with Crippen LogP contribution >= 0.6 is 0 Å². The zero-order valence-electron chi connectivity index (χ0n) is 12.5. The van der Waals surface area contributed by atoms with Crippen molar-refractivity contribution in [2.75, 3.05) is 7.05 Å². The van der Waals surface area contributed by atoms with Crippen LogP contribution in [0.1, 0.15) is 24.0 Å². The molecule has 2 aromatic heterocycles. The molecule has 0 amide bonds. The summed E-state index contributed by atoms with van der Waals surface area (Å²) in [5.41, 5.74) is 2.14. The van der Waals surface area contributed by atoms with E-state index in [1.165, 1.54) is 5.39 Å². The number of nitrogens with one attached hydrogen (secondary N) is 1. The van der Waals surface area contributed by atoms with Crippen molar-refractivity contribution < 1.29 is 0 Å². The number of rotatable bonds is 5. The molecule has 1 N–H and O–H groups in total. The maximum absolute atomic E-state index is 4.78. The van der Waals surface area contributed by atoms with Gasteiger partial charge in [-0.1, -0.05) is 24.3 Å². The summed E-state index contributed by atoms with van der Waals surface area (Å²) in [7, 11) is 4.02. The molecule has 108 valence electrons. The van der Waals surface area contributed by atoms with Gasteiger partial charge in [0.05, 0.1) is 11.2 Å². The van der Waals surface area contributed by atoms with Gasteiger partial charge in [0.2, 0.25) is 0 Å². The Bertz CT molecular complexity index is 732. The lowest BCUT2D eigenvalue weighted by molar-refractivity contribution is 0.525. The first-order valence-electron chi connectivity index (χ1n) is 7.27. The Labute approximate surface area is 124 Å². The maximum Gasteiger partial charge on any atom is 0.108 e. The van der Waals surface area contributed by atoms with Gasteiger partial charge in [-0.2, -0.15) is 0 Å². The Morgan fingerprint density at radius 1 is 1.19 bits per heavy atom. The summed E-state index contributed by atoms with van der Waals surface area (Å²) in [5, 5.41) is 4.55. The molecule has 0 aliphatic carbocycles. The monoisotopic (exact) mass is 280 g/mol. The summed E-state index contributed by atoms with van der Waals surface area (Å²) in [6.45, 7) is 0. The number of imidazole rings is 1. The van der Waals surface area contributed by atoms with Gasteiger partial charge in [0.1, 0.15) is 5.82 Å². The molecule has 0 fully saturated rings. The van der Waals surface area contributed by atoms with Gasteiger partial charge in [0.15, 0.2) is 0 Å². The number of pyridine rings is 1. The van der Waals surface area contributed by atoms with Gasteiger partial charge >= 0.3 is 0 Å². The second-order valence-corrected chi connectivity index (χ2v) is 5.26. The summed E-state index contributed by atoms with van der Waals surface area (Å²) in [6, 6.07) is 12.7. The van der Waals surface area contributed by atoms with Crippen LogP contribution < -0.4 is 5.32 Å². The maximum atomic E-state index is 4.78. The molecular weight excluding hydrogens is 260 g/mol. The van der Waals surface area contributed by atoms with Crippen LogP contribution in [0.5, 0.6) is 0 Å². The Balaban J connectivity index is 1.79. The summed E-state index contributed by atoms with van der Waals surface area (Å²) in [4.78, 5) is 9.16. The van der Waals surface area contributed by atoms with Gasteiger partial charge in [-0.05, 0) is 25.6 Å². The lowest BCUT2D eigenvalue weighted by Crippen LogP contribution is -2.19. The van der Waals surface area contributed by atoms with Crippen molar-refractivity contribution >= 4 is 10.9 Å². The first-order chi connectivity index (χ1) is 10.3. The highest BCUT2D eigenvalue weighted by atomic mass is 15.0. The molecule has 21 heavy (non-hydrogen) atoms. The van der Waals surface area contributed by atoms with E-state index in [4.69, 9.17) is 4.98 Å². The van der Waals surface area contributed by atoms with Crippen LogP contribution in [0.15, 0.2) is 48.8 Å². The van der Waals surface area contributed by atoms with E-state index in [1.807, 2.05) is 38.6 Å². The number of hydrogen-bond acceptors (Lipinski definition) is 3. The third-order valence-corrected chi connectivity index (χ3v) is 3.90. The average Bonchev–Trinajstić information content (AvgIpc) is 2.93. The van der Waals surface area contributed by atoms with Crippen LogP contribution in [0.4, 0.5) is 0 Å². The molecule has 0 aliphatic heterocycles. The largest absolute Gasteiger partial charge is 0.338 e. The standard InChI is InChI=1S/C17H20N4/c1-18-15(9-10-17-19-11-12-21(17)2)16-8-7-13-5-3-4-6-14(13)20-16/h3-8,11-12,15,18H,9-10H2,1-2H3. The molecular formula is C17H20N4. The van der Waals surface area contributed by atoms with Crippen molar-refractivity contribution in [3.05, 3.63) is 60.3 Å². The predicted molar refractivity (Wildman–Crippen MR) is 85.1 cm³/mol. The van der Waals surface area contributed by atoms with Crippen LogP contribution in [-0.4, -0.2) is 21.6 Å². The van der Waals surface area contributed by atoms with E-state index in [0.717, 1.165) is 29.9 Å². The van der Waals surface area contributed by atoms with Crippen molar-refractivity contribution in [1.29, 1.82) is 0 Å². The number of fused-ring (bicyclic) bond motifs is 1. The van der Waals surface area contributed by atoms with Crippen LogP contribution in [-0.2, 0) is 13.5 Å². The highest BCUT2D eigenvalue weighted by Gasteiger charge is 2.12. The molecule has 1 aromatic carbocycles. The molecule has 1 unspecified atom stereocenters. The summed E-state index contributed by atoms with van der Waals surface area (Å²) < 4.78 is 2.07. The Morgan fingerprint density at radius 2 is 2.05 bits per heavy atom. The topological polar surface area (TPSA) is 42.7 Å². The first kappa shape index (κ1) is 13.8. The SMILES string of the molecule is CNC(CCc1nccn1C)c1ccc2ccccc2n1. The molecule has 4 nitrogen and oxygen atoms in total. The second-order valence-electron chi connectivity index (χ2n) is 5.26. The van der Waals surface area contributed by atoms with Gasteiger partial charge in [-0.3, -0.25) is 4.98 Å². The lowest BCUT2D eigenvalue weighted by Gasteiger charge is -2.16. The number of hydrogen-bond donors (Lipinski definition) is 1. The lowest BCUT2D eigenvalue weighted by atomic mass is 10.1. The quantitative estimate of drug-likeness (QED) is 0.781. The molecule has 0 bridgehead atoms. The number of nitrogens with zero attached hydrogens (tertiary/aromatic N) is 3. The molecule has 2 heterocycles. The predicted octanol–water partition coefficient (Wildman–Crippen LogP) is 2.86. The van der Waals surface area contributed by atoms with Gasteiger partial charge < -0.3 is 9.88 Å². The summed E-state index contributed by atoms with van der Waals surface area (Å²) >= 11 is 0. The van der Waals surface area contributed by atoms with Crippen molar-refractivity contribution in [2.45, 2.75) is 18.9 Å². The van der Waals surface area contributed by atoms with Gasteiger partial charge in [-0.15, -0.1) is 0 Å². The summed E-state index contributed by atoms with van der Waals surface area (Å²) in [6.07, 6.45) is 5.74. The minimum atomic E-state index is 0.242.